The van der Waals surface area contributed by atoms with Gasteiger partial charge < -0.3 is 10.4 Å². The SMILES string of the molecule is Cc1cnn([C@@H](C)[C@H](C)NCc2c(C)nn(CCO)c2C)c1. The van der Waals surface area contributed by atoms with Gasteiger partial charge in [0.25, 0.3) is 0 Å². The highest BCUT2D eigenvalue weighted by Crippen LogP contribution is 2.15. The van der Waals surface area contributed by atoms with Crippen LogP contribution in [0.4, 0.5) is 0 Å². The quantitative estimate of drug-likeness (QED) is 0.817. The molecule has 0 saturated heterocycles. The van der Waals surface area contributed by atoms with Crippen molar-refractivity contribution in [1.29, 1.82) is 0 Å². The molecule has 2 aromatic heterocycles. The Morgan fingerprint density at radius 3 is 2.59 bits per heavy atom. The second kappa shape index (κ2) is 7.07. The zero-order valence-electron chi connectivity index (χ0n) is 14.2. The van der Waals surface area contributed by atoms with Crippen LogP contribution >= 0.6 is 0 Å². The Hall–Kier alpha value is -1.66. The van der Waals surface area contributed by atoms with E-state index in [4.69, 9.17) is 5.11 Å². The van der Waals surface area contributed by atoms with Crippen LogP contribution in [0.2, 0.25) is 0 Å². The Kier molecular flexibility index (Phi) is 5.37. The number of rotatable bonds is 7. The van der Waals surface area contributed by atoms with Gasteiger partial charge in [0.15, 0.2) is 0 Å². The fourth-order valence-corrected chi connectivity index (χ4v) is 2.62. The Labute approximate surface area is 132 Å². The molecule has 2 rings (SSSR count). The lowest BCUT2D eigenvalue weighted by Crippen LogP contribution is -2.33. The maximum Gasteiger partial charge on any atom is 0.0644 e. The summed E-state index contributed by atoms with van der Waals surface area (Å²) in [4.78, 5) is 0. The highest BCUT2D eigenvalue weighted by atomic mass is 16.3. The summed E-state index contributed by atoms with van der Waals surface area (Å²) in [5, 5.41) is 21.5. The van der Waals surface area contributed by atoms with E-state index in [-0.39, 0.29) is 12.6 Å². The van der Waals surface area contributed by atoms with E-state index in [1.54, 1.807) is 0 Å². The van der Waals surface area contributed by atoms with Crippen molar-refractivity contribution in [3.8, 4) is 0 Å². The molecule has 6 nitrogen and oxygen atoms in total. The van der Waals surface area contributed by atoms with Crippen LogP contribution in [0.25, 0.3) is 0 Å². The molecular weight excluding hydrogens is 278 g/mol. The fraction of sp³-hybridized carbons (Fsp3) is 0.625. The van der Waals surface area contributed by atoms with Crippen molar-refractivity contribution in [1.82, 2.24) is 24.9 Å². The molecule has 2 aromatic rings. The van der Waals surface area contributed by atoms with E-state index in [1.165, 1.54) is 11.1 Å². The minimum atomic E-state index is 0.112. The predicted molar refractivity (Wildman–Crippen MR) is 86.8 cm³/mol. The second-order valence-corrected chi connectivity index (χ2v) is 6.00. The highest BCUT2D eigenvalue weighted by molar-refractivity contribution is 5.24. The number of hydrogen-bond acceptors (Lipinski definition) is 4. The van der Waals surface area contributed by atoms with E-state index >= 15 is 0 Å². The first-order valence-corrected chi connectivity index (χ1v) is 7.82. The van der Waals surface area contributed by atoms with Crippen LogP contribution < -0.4 is 5.32 Å². The summed E-state index contributed by atoms with van der Waals surface area (Å²) >= 11 is 0. The van der Waals surface area contributed by atoms with Gasteiger partial charge in [-0.05, 0) is 40.2 Å². The van der Waals surface area contributed by atoms with Crippen molar-refractivity contribution in [2.45, 2.75) is 59.8 Å². The van der Waals surface area contributed by atoms with Crippen LogP contribution in [-0.2, 0) is 13.1 Å². The summed E-state index contributed by atoms with van der Waals surface area (Å²) in [6.45, 7) is 11.9. The molecule has 0 radical (unpaired) electrons. The zero-order chi connectivity index (χ0) is 16.3. The Balaban J connectivity index is 2.00. The summed E-state index contributed by atoms with van der Waals surface area (Å²) in [7, 11) is 0. The number of hydrogen-bond donors (Lipinski definition) is 2. The third kappa shape index (κ3) is 3.56. The van der Waals surface area contributed by atoms with Gasteiger partial charge in [-0.1, -0.05) is 0 Å². The molecule has 0 aromatic carbocycles. The maximum atomic E-state index is 9.08. The van der Waals surface area contributed by atoms with Gasteiger partial charge in [-0.15, -0.1) is 0 Å². The van der Waals surface area contributed by atoms with E-state index in [9.17, 15) is 0 Å². The monoisotopic (exact) mass is 305 g/mol. The van der Waals surface area contributed by atoms with Crippen molar-refractivity contribution >= 4 is 0 Å². The van der Waals surface area contributed by atoms with E-state index in [2.05, 4.69) is 49.4 Å². The first-order chi connectivity index (χ1) is 10.4. The molecule has 0 aliphatic carbocycles. The molecule has 0 aliphatic heterocycles. The molecule has 0 unspecified atom stereocenters. The molecule has 0 saturated carbocycles. The van der Waals surface area contributed by atoms with Gasteiger partial charge in [-0.25, -0.2) is 0 Å². The summed E-state index contributed by atoms with van der Waals surface area (Å²) < 4.78 is 3.87. The molecule has 2 atom stereocenters. The second-order valence-electron chi connectivity index (χ2n) is 6.00. The number of aryl methyl sites for hydroxylation is 2. The first kappa shape index (κ1) is 16.7. The third-order valence-corrected chi connectivity index (χ3v) is 4.32. The third-order valence-electron chi connectivity index (χ3n) is 4.32. The standard InChI is InChI=1S/C16H27N5O/c1-11-8-18-21(10-11)14(4)12(2)17-9-16-13(3)19-20(6-7-22)15(16)5/h8,10,12,14,17,22H,6-7,9H2,1-5H3/t12-,14-/m0/s1. The van der Waals surface area contributed by atoms with Crippen LogP contribution in [0.15, 0.2) is 12.4 Å². The molecule has 0 spiro atoms. The molecule has 0 amide bonds. The van der Waals surface area contributed by atoms with E-state index < -0.39 is 0 Å². The van der Waals surface area contributed by atoms with Crippen LogP contribution in [0.5, 0.6) is 0 Å². The number of nitrogens with zero attached hydrogens (tertiary/aromatic N) is 4. The first-order valence-electron chi connectivity index (χ1n) is 7.82. The average molecular weight is 305 g/mol. The lowest BCUT2D eigenvalue weighted by Gasteiger charge is -2.22. The number of aliphatic hydroxyl groups is 1. The van der Waals surface area contributed by atoms with E-state index in [0.29, 0.717) is 12.6 Å². The smallest absolute Gasteiger partial charge is 0.0644 e. The van der Waals surface area contributed by atoms with Crippen molar-refractivity contribution in [2.24, 2.45) is 0 Å². The van der Waals surface area contributed by atoms with Crippen LogP contribution in [0.1, 0.15) is 42.4 Å². The van der Waals surface area contributed by atoms with E-state index in [0.717, 1.165) is 17.9 Å². The van der Waals surface area contributed by atoms with Crippen LogP contribution in [-0.4, -0.2) is 37.3 Å². The van der Waals surface area contributed by atoms with Crippen molar-refractivity contribution in [2.75, 3.05) is 6.61 Å². The minimum Gasteiger partial charge on any atom is -0.394 e. The van der Waals surface area contributed by atoms with Gasteiger partial charge in [0, 0.05) is 30.0 Å². The normalized spacial score (nSPS) is 14.3. The van der Waals surface area contributed by atoms with Crippen molar-refractivity contribution in [3.63, 3.8) is 0 Å². The van der Waals surface area contributed by atoms with Crippen molar-refractivity contribution < 1.29 is 5.11 Å². The van der Waals surface area contributed by atoms with Crippen LogP contribution in [0, 0.1) is 20.8 Å². The van der Waals surface area contributed by atoms with Gasteiger partial charge in [0.2, 0.25) is 0 Å². The minimum absolute atomic E-state index is 0.112. The largest absolute Gasteiger partial charge is 0.394 e. The van der Waals surface area contributed by atoms with Crippen LogP contribution in [0.3, 0.4) is 0 Å². The number of nitrogens with one attached hydrogen (secondary N) is 1. The molecule has 2 heterocycles. The lowest BCUT2D eigenvalue weighted by molar-refractivity contribution is 0.267. The molecule has 0 aliphatic rings. The van der Waals surface area contributed by atoms with Gasteiger partial charge in [0.1, 0.15) is 0 Å². The molecule has 6 heteroatoms. The summed E-state index contributed by atoms with van der Waals surface area (Å²) in [6.07, 6.45) is 3.95. The van der Waals surface area contributed by atoms with Crippen molar-refractivity contribution in [3.05, 3.63) is 34.9 Å². The molecular formula is C16H27N5O. The average Bonchev–Trinajstić information content (AvgIpc) is 3.02. The molecule has 0 bridgehead atoms. The Bertz CT molecular complexity index is 616. The molecule has 2 N–H and O–H groups in total. The summed E-state index contributed by atoms with van der Waals surface area (Å²) in [6, 6.07) is 0.570. The van der Waals surface area contributed by atoms with Gasteiger partial charge >= 0.3 is 0 Å². The highest BCUT2D eigenvalue weighted by Gasteiger charge is 2.17. The molecule has 122 valence electrons. The van der Waals surface area contributed by atoms with Gasteiger partial charge in [-0.2, -0.15) is 10.2 Å². The van der Waals surface area contributed by atoms with E-state index in [1.807, 2.05) is 22.5 Å². The lowest BCUT2D eigenvalue weighted by atomic mass is 10.1. The predicted octanol–water partition coefficient (Wildman–Crippen LogP) is 1.74. The molecule has 22 heavy (non-hydrogen) atoms. The van der Waals surface area contributed by atoms with Gasteiger partial charge in [-0.3, -0.25) is 9.36 Å². The Morgan fingerprint density at radius 1 is 1.27 bits per heavy atom. The topological polar surface area (TPSA) is 67.9 Å². The maximum absolute atomic E-state index is 9.08. The molecule has 0 fully saturated rings. The summed E-state index contributed by atoms with van der Waals surface area (Å²) in [5.41, 5.74) is 4.53. The number of aliphatic hydroxyl groups excluding tert-OH is 1. The Morgan fingerprint density at radius 2 is 2.00 bits per heavy atom. The van der Waals surface area contributed by atoms with Gasteiger partial charge in [0.05, 0.1) is 31.1 Å². The zero-order valence-corrected chi connectivity index (χ0v) is 14.2. The fourth-order valence-electron chi connectivity index (χ4n) is 2.62. The number of aromatic nitrogens is 4. The summed E-state index contributed by atoms with van der Waals surface area (Å²) in [5.74, 6) is 0.